The molecule has 0 aliphatic carbocycles. The van der Waals surface area contributed by atoms with Crippen LogP contribution in [0.5, 0.6) is 0 Å². The summed E-state index contributed by atoms with van der Waals surface area (Å²) < 4.78 is 0. The van der Waals surface area contributed by atoms with Crippen LogP contribution in [0.2, 0.25) is 0 Å². The van der Waals surface area contributed by atoms with Crippen molar-refractivity contribution in [2.24, 2.45) is 0 Å². The molecular weight excluding hydrogens is 232 g/mol. The molecule has 0 unspecified atom stereocenters. The molecule has 102 valence electrons. The maximum absolute atomic E-state index is 12.3. The van der Waals surface area contributed by atoms with Gasteiger partial charge in [0.25, 0.3) is 0 Å². The fourth-order valence-electron chi connectivity index (χ4n) is 1.88. The maximum atomic E-state index is 12.3. The van der Waals surface area contributed by atoms with Gasteiger partial charge in [0.2, 0.25) is 5.91 Å². The smallest absolute Gasteiger partial charge is 0.303 e. The van der Waals surface area contributed by atoms with Gasteiger partial charge in [-0.05, 0) is 32.8 Å². The van der Waals surface area contributed by atoms with Crippen molar-refractivity contribution in [3.8, 4) is 0 Å². The minimum atomic E-state index is -0.815. The van der Waals surface area contributed by atoms with E-state index in [1.807, 2.05) is 20.8 Å². The van der Waals surface area contributed by atoms with E-state index >= 15 is 0 Å². The van der Waals surface area contributed by atoms with E-state index in [-0.39, 0.29) is 18.4 Å². The molecule has 0 bridgehead atoms. The van der Waals surface area contributed by atoms with Crippen LogP contribution in [0.15, 0.2) is 11.1 Å². The highest BCUT2D eigenvalue weighted by Gasteiger charge is 2.22. The summed E-state index contributed by atoms with van der Waals surface area (Å²) in [6, 6.07) is 0.0925. The first-order valence-corrected chi connectivity index (χ1v) is 6.35. The summed E-state index contributed by atoms with van der Waals surface area (Å²) in [5, 5.41) is 11.7. The van der Waals surface area contributed by atoms with Crippen LogP contribution < -0.4 is 5.32 Å². The van der Waals surface area contributed by atoms with Crippen LogP contribution in [-0.2, 0) is 9.59 Å². The molecular formula is C13H22N2O3. The van der Waals surface area contributed by atoms with E-state index in [9.17, 15) is 9.59 Å². The van der Waals surface area contributed by atoms with Crippen molar-refractivity contribution in [1.29, 1.82) is 0 Å². The molecule has 5 heteroatoms. The van der Waals surface area contributed by atoms with Crippen molar-refractivity contribution < 1.29 is 14.7 Å². The Kier molecular flexibility index (Phi) is 5.34. The average molecular weight is 254 g/mol. The number of carboxylic acid groups (broad SMARTS) is 1. The van der Waals surface area contributed by atoms with Gasteiger partial charge in [0, 0.05) is 37.7 Å². The first-order valence-electron chi connectivity index (χ1n) is 6.35. The van der Waals surface area contributed by atoms with E-state index in [1.165, 1.54) is 0 Å². The minimum absolute atomic E-state index is 0.0342. The third-order valence-corrected chi connectivity index (χ3v) is 3.20. The van der Waals surface area contributed by atoms with Crippen LogP contribution in [0.1, 0.15) is 33.6 Å². The van der Waals surface area contributed by atoms with Gasteiger partial charge in [-0.3, -0.25) is 9.59 Å². The van der Waals surface area contributed by atoms with Crippen LogP contribution in [0.25, 0.3) is 0 Å². The number of carboxylic acids is 1. The van der Waals surface area contributed by atoms with Crippen molar-refractivity contribution >= 4 is 11.9 Å². The molecule has 1 heterocycles. The Morgan fingerprint density at radius 3 is 2.39 bits per heavy atom. The molecule has 1 rings (SSSR count). The van der Waals surface area contributed by atoms with E-state index < -0.39 is 5.97 Å². The van der Waals surface area contributed by atoms with Crippen LogP contribution in [0, 0.1) is 0 Å². The van der Waals surface area contributed by atoms with E-state index in [0.717, 1.165) is 24.2 Å². The quantitative estimate of drug-likeness (QED) is 0.694. The third kappa shape index (κ3) is 3.84. The zero-order valence-corrected chi connectivity index (χ0v) is 11.3. The largest absolute Gasteiger partial charge is 0.481 e. The van der Waals surface area contributed by atoms with E-state index in [1.54, 1.807) is 4.90 Å². The summed E-state index contributed by atoms with van der Waals surface area (Å²) in [6.07, 6.45) is 0.605. The Bertz CT molecular complexity index is 355. The monoisotopic (exact) mass is 254 g/mol. The molecule has 1 aliphatic heterocycles. The van der Waals surface area contributed by atoms with Crippen molar-refractivity contribution in [2.45, 2.75) is 39.7 Å². The number of aliphatic carboxylic acids is 1. The molecule has 0 saturated carbocycles. The lowest BCUT2D eigenvalue weighted by Crippen LogP contribution is -2.42. The zero-order valence-electron chi connectivity index (χ0n) is 11.3. The predicted octanol–water partition coefficient (Wildman–Crippen LogP) is 1.01. The molecule has 1 aliphatic rings. The summed E-state index contributed by atoms with van der Waals surface area (Å²) in [5.74, 6) is -0.781. The summed E-state index contributed by atoms with van der Waals surface area (Å²) >= 11 is 0. The second-order valence-corrected chi connectivity index (χ2v) is 4.92. The molecule has 2 N–H and O–H groups in total. The lowest BCUT2D eigenvalue weighted by molar-refractivity contribution is -0.138. The van der Waals surface area contributed by atoms with Gasteiger partial charge in [0.1, 0.15) is 0 Å². The number of nitrogens with one attached hydrogen (secondary N) is 1. The highest BCUT2D eigenvalue weighted by atomic mass is 16.4. The van der Waals surface area contributed by atoms with Gasteiger partial charge in [0.05, 0.1) is 0 Å². The maximum Gasteiger partial charge on any atom is 0.303 e. The Labute approximate surface area is 108 Å². The molecule has 0 aromatic heterocycles. The van der Waals surface area contributed by atoms with Crippen LogP contribution in [0.4, 0.5) is 0 Å². The number of hydrogen-bond donors (Lipinski definition) is 2. The van der Waals surface area contributed by atoms with Gasteiger partial charge in [-0.2, -0.15) is 0 Å². The zero-order chi connectivity index (χ0) is 13.7. The summed E-state index contributed by atoms with van der Waals surface area (Å²) in [7, 11) is 0. The summed E-state index contributed by atoms with van der Waals surface area (Å²) in [6.45, 7) is 7.84. The molecule has 0 spiro atoms. The lowest BCUT2D eigenvalue weighted by Gasteiger charge is -2.30. The van der Waals surface area contributed by atoms with Gasteiger partial charge in [-0.25, -0.2) is 0 Å². The van der Waals surface area contributed by atoms with Crippen molar-refractivity contribution in [1.82, 2.24) is 10.2 Å². The Morgan fingerprint density at radius 1 is 1.39 bits per heavy atom. The molecule has 0 atom stereocenters. The van der Waals surface area contributed by atoms with E-state index in [2.05, 4.69) is 5.32 Å². The highest BCUT2D eigenvalue weighted by molar-refractivity contribution is 5.94. The van der Waals surface area contributed by atoms with Crippen molar-refractivity contribution in [3.05, 3.63) is 11.1 Å². The second-order valence-electron chi connectivity index (χ2n) is 4.92. The normalized spacial score (nSPS) is 14.3. The summed E-state index contributed by atoms with van der Waals surface area (Å²) in [5.41, 5.74) is 1.96. The standard InChI is InChI=1S/C13H22N2O3/c1-9(2)15(6-4-5-12(16)17)13(18)10(3)11-7-14-8-11/h9,14H,4-8H2,1-3H3,(H,16,17). The number of rotatable bonds is 6. The number of amides is 1. The molecule has 0 aromatic rings. The molecule has 1 amide bonds. The molecule has 1 saturated heterocycles. The number of carbonyl (C=O) groups is 2. The van der Waals surface area contributed by atoms with Gasteiger partial charge >= 0.3 is 5.97 Å². The number of hydrogen-bond acceptors (Lipinski definition) is 3. The lowest BCUT2D eigenvalue weighted by atomic mass is 10.0. The van der Waals surface area contributed by atoms with Crippen molar-refractivity contribution in [3.63, 3.8) is 0 Å². The first-order chi connectivity index (χ1) is 8.43. The SMILES string of the molecule is CC(C(=O)N(CCCC(=O)O)C(C)C)=C1CNC1. The predicted molar refractivity (Wildman–Crippen MR) is 69.3 cm³/mol. The summed E-state index contributed by atoms with van der Waals surface area (Å²) in [4.78, 5) is 24.5. The van der Waals surface area contributed by atoms with Crippen LogP contribution in [-0.4, -0.2) is 47.6 Å². The van der Waals surface area contributed by atoms with Gasteiger partial charge < -0.3 is 15.3 Å². The molecule has 18 heavy (non-hydrogen) atoms. The van der Waals surface area contributed by atoms with E-state index in [0.29, 0.717) is 13.0 Å². The number of nitrogens with zero attached hydrogens (tertiary/aromatic N) is 1. The molecule has 0 aromatic carbocycles. The fraction of sp³-hybridized carbons (Fsp3) is 0.692. The Hall–Kier alpha value is -1.36. The van der Waals surface area contributed by atoms with Crippen LogP contribution >= 0.6 is 0 Å². The first kappa shape index (κ1) is 14.7. The number of carbonyl (C=O) groups excluding carboxylic acids is 1. The van der Waals surface area contributed by atoms with Gasteiger partial charge in [-0.15, -0.1) is 0 Å². The molecule has 5 nitrogen and oxygen atoms in total. The van der Waals surface area contributed by atoms with Gasteiger partial charge in [-0.1, -0.05) is 0 Å². The van der Waals surface area contributed by atoms with E-state index in [4.69, 9.17) is 5.11 Å². The second kappa shape index (κ2) is 6.54. The van der Waals surface area contributed by atoms with Crippen LogP contribution in [0.3, 0.4) is 0 Å². The minimum Gasteiger partial charge on any atom is -0.481 e. The molecule has 0 radical (unpaired) electrons. The topological polar surface area (TPSA) is 69.6 Å². The van der Waals surface area contributed by atoms with Crippen molar-refractivity contribution in [2.75, 3.05) is 19.6 Å². The highest BCUT2D eigenvalue weighted by Crippen LogP contribution is 2.14. The van der Waals surface area contributed by atoms with Gasteiger partial charge in [0.15, 0.2) is 0 Å². The Balaban J connectivity index is 2.60. The average Bonchev–Trinajstić information content (AvgIpc) is 2.20. The Morgan fingerprint density at radius 2 is 2.00 bits per heavy atom. The molecule has 1 fully saturated rings. The third-order valence-electron chi connectivity index (χ3n) is 3.20. The fourth-order valence-corrected chi connectivity index (χ4v) is 1.88.